The first-order valence-corrected chi connectivity index (χ1v) is 24.1. The fraction of sp³-hybridized carbons (Fsp3) is 0.321. The Bertz CT molecular complexity index is 2970. The van der Waals surface area contributed by atoms with Gasteiger partial charge in [0.15, 0.2) is 0 Å². The molecular formula is C56H60N8O2. The highest BCUT2D eigenvalue weighted by Crippen LogP contribution is 2.39. The van der Waals surface area contributed by atoms with Gasteiger partial charge in [-0.3, -0.25) is 19.4 Å². The van der Waals surface area contributed by atoms with Gasteiger partial charge in [0.2, 0.25) is 11.8 Å². The average molecular weight is 877 g/mol. The smallest absolute Gasteiger partial charge is 0.245 e. The van der Waals surface area contributed by atoms with E-state index in [9.17, 15) is 9.59 Å². The lowest BCUT2D eigenvalue weighted by atomic mass is 9.98. The SMILES string of the molecule is CCN(CC)[C@H](C(=O)N1CCC[C@H]1c1nc2ccc(-c3ccc(-c4ccc5c(ccc6[nH]c([C@@H]7CCCN7C(=O)[C@H](c7ccccc7)N(CC)CC)nc65)c4)cc3)cc2[nH]1)c1ccccc1. The predicted molar refractivity (Wildman–Crippen MR) is 266 cm³/mol. The molecule has 66 heavy (non-hydrogen) atoms. The average Bonchev–Trinajstić information content (AvgIpc) is 4.21. The highest BCUT2D eigenvalue weighted by molar-refractivity contribution is 6.05. The minimum absolute atomic E-state index is 0.0909. The summed E-state index contributed by atoms with van der Waals surface area (Å²) in [7, 11) is 0. The number of fused-ring (bicyclic) bond motifs is 4. The Morgan fingerprint density at radius 2 is 1.05 bits per heavy atom. The van der Waals surface area contributed by atoms with E-state index in [0.29, 0.717) is 0 Å². The molecule has 0 radical (unpaired) electrons. The van der Waals surface area contributed by atoms with Gasteiger partial charge in [0, 0.05) is 18.5 Å². The van der Waals surface area contributed by atoms with Gasteiger partial charge >= 0.3 is 0 Å². The first kappa shape index (κ1) is 43.3. The van der Waals surface area contributed by atoms with Crippen molar-refractivity contribution in [3.05, 3.63) is 156 Å². The Labute approximate surface area is 387 Å². The first-order valence-electron chi connectivity index (χ1n) is 24.1. The lowest BCUT2D eigenvalue weighted by Crippen LogP contribution is -2.43. The van der Waals surface area contributed by atoms with E-state index in [2.05, 4.69) is 154 Å². The third kappa shape index (κ3) is 8.07. The Balaban J connectivity index is 0.865. The molecule has 10 heteroatoms. The third-order valence-electron chi connectivity index (χ3n) is 14.3. The summed E-state index contributed by atoms with van der Waals surface area (Å²) in [4.78, 5) is 55.0. The maximum Gasteiger partial charge on any atom is 0.245 e. The van der Waals surface area contributed by atoms with E-state index in [1.54, 1.807) is 0 Å². The number of H-pyrrole nitrogens is 2. The molecule has 0 unspecified atom stereocenters. The largest absolute Gasteiger partial charge is 0.340 e. The third-order valence-corrected chi connectivity index (χ3v) is 14.3. The van der Waals surface area contributed by atoms with Crippen molar-refractivity contribution >= 4 is 44.7 Å². The molecule has 6 aromatic carbocycles. The van der Waals surface area contributed by atoms with Crippen LogP contribution in [0.4, 0.5) is 0 Å². The number of nitrogens with one attached hydrogen (secondary N) is 2. The summed E-state index contributed by atoms with van der Waals surface area (Å²) < 4.78 is 0. The molecule has 8 aromatic rings. The molecule has 2 aromatic heterocycles. The Morgan fingerprint density at radius 1 is 0.561 bits per heavy atom. The summed E-state index contributed by atoms with van der Waals surface area (Å²) in [6, 6.07) is 45.6. The van der Waals surface area contributed by atoms with E-state index in [0.717, 1.165) is 143 Å². The van der Waals surface area contributed by atoms with Crippen LogP contribution in [-0.4, -0.2) is 90.6 Å². The molecule has 0 spiro atoms. The Kier molecular flexibility index (Phi) is 12.3. The molecule has 4 heterocycles. The molecule has 2 amide bonds. The van der Waals surface area contributed by atoms with E-state index in [1.165, 1.54) is 0 Å². The number of carbonyl (C=O) groups excluding carboxylic acids is 2. The monoisotopic (exact) mass is 876 g/mol. The number of hydrogen-bond donors (Lipinski definition) is 2. The van der Waals surface area contributed by atoms with Crippen LogP contribution < -0.4 is 0 Å². The van der Waals surface area contributed by atoms with Crippen LogP contribution in [0.5, 0.6) is 0 Å². The fourth-order valence-corrected chi connectivity index (χ4v) is 10.8. The van der Waals surface area contributed by atoms with Crippen LogP contribution in [0, 0.1) is 0 Å². The number of aromatic nitrogens is 4. The number of amides is 2. The van der Waals surface area contributed by atoms with Crippen molar-refractivity contribution in [1.82, 2.24) is 39.5 Å². The predicted octanol–water partition coefficient (Wildman–Crippen LogP) is 11.4. The lowest BCUT2D eigenvalue weighted by Gasteiger charge is -2.34. The zero-order valence-corrected chi connectivity index (χ0v) is 38.6. The summed E-state index contributed by atoms with van der Waals surface area (Å²) in [6.07, 6.45) is 3.67. The molecule has 0 aliphatic carbocycles. The molecule has 10 rings (SSSR count). The van der Waals surface area contributed by atoms with Gasteiger partial charge in [-0.2, -0.15) is 0 Å². The second kappa shape index (κ2) is 18.7. The van der Waals surface area contributed by atoms with Gasteiger partial charge < -0.3 is 19.8 Å². The molecule has 2 fully saturated rings. The highest BCUT2D eigenvalue weighted by atomic mass is 16.2. The maximum atomic E-state index is 14.4. The minimum atomic E-state index is -0.322. The zero-order valence-electron chi connectivity index (χ0n) is 38.6. The van der Waals surface area contributed by atoms with Crippen LogP contribution in [0.25, 0.3) is 55.1 Å². The van der Waals surface area contributed by atoms with Gasteiger partial charge in [0.05, 0.1) is 34.2 Å². The van der Waals surface area contributed by atoms with Gasteiger partial charge in [-0.1, -0.05) is 137 Å². The normalized spacial score (nSPS) is 17.5. The second-order valence-corrected chi connectivity index (χ2v) is 17.9. The van der Waals surface area contributed by atoms with Crippen molar-refractivity contribution in [2.24, 2.45) is 0 Å². The summed E-state index contributed by atoms with van der Waals surface area (Å²) in [5.74, 6) is 2.01. The first-order chi connectivity index (χ1) is 32.4. The van der Waals surface area contributed by atoms with E-state index in [-0.39, 0.29) is 36.0 Å². The number of aromatic amines is 2. The number of likely N-dealkylation sites (tertiary alicyclic amines) is 2. The molecule has 336 valence electrons. The standard InChI is InChI=1S/C56H60N8O2/c1-5-61(6-2)51(39-17-11-9-12-18-39)55(65)63-33-15-21-48(63)53-57-45-31-28-42(36-47(45)59-53)38-25-23-37(24-26-38)41-27-30-44-43(35-41)29-32-46-50(44)60-54(58-46)49-22-16-34-64(49)56(66)52(62(7-3)8-4)40-19-13-10-14-20-40/h9-14,17-20,23-32,35-36,48-49,51-52H,5-8,15-16,21-22,33-34H2,1-4H3,(H,57,59)(H,58,60)/t48-,49-,51-,52-/m0/s1. The molecule has 2 saturated heterocycles. The van der Waals surface area contributed by atoms with Crippen LogP contribution in [-0.2, 0) is 9.59 Å². The lowest BCUT2D eigenvalue weighted by molar-refractivity contribution is -0.139. The number of hydrogen-bond acceptors (Lipinski definition) is 6. The van der Waals surface area contributed by atoms with E-state index in [4.69, 9.17) is 9.97 Å². The summed E-state index contributed by atoms with van der Waals surface area (Å²) in [5.41, 5.74) is 10.4. The fourth-order valence-electron chi connectivity index (χ4n) is 10.8. The zero-order chi connectivity index (χ0) is 45.3. The number of imidazole rings is 2. The summed E-state index contributed by atoms with van der Waals surface area (Å²) in [6.45, 7) is 13.2. The van der Waals surface area contributed by atoms with Gasteiger partial charge in [-0.25, -0.2) is 9.97 Å². The number of rotatable bonds is 14. The molecule has 0 bridgehead atoms. The van der Waals surface area contributed by atoms with E-state index < -0.39 is 0 Å². The number of likely N-dealkylation sites (N-methyl/N-ethyl adjacent to an activating group) is 2. The van der Waals surface area contributed by atoms with Crippen LogP contribution in [0.1, 0.15) is 100 Å². The molecule has 0 saturated carbocycles. The Hall–Kier alpha value is -6.62. The van der Waals surface area contributed by atoms with Crippen molar-refractivity contribution in [2.45, 2.75) is 77.5 Å². The van der Waals surface area contributed by atoms with Crippen molar-refractivity contribution in [3.8, 4) is 22.3 Å². The van der Waals surface area contributed by atoms with Gasteiger partial charge in [-0.15, -0.1) is 0 Å². The van der Waals surface area contributed by atoms with Crippen molar-refractivity contribution in [3.63, 3.8) is 0 Å². The molecule has 2 N–H and O–H groups in total. The number of carbonyl (C=O) groups is 2. The summed E-state index contributed by atoms with van der Waals surface area (Å²) >= 11 is 0. The van der Waals surface area contributed by atoms with Crippen molar-refractivity contribution in [1.29, 1.82) is 0 Å². The second-order valence-electron chi connectivity index (χ2n) is 17.9. The van der Waals surface area contributed by atoms with Gasteiger partial charge in [0.1, 0.15) is 23.7 Å². The van der Waals surface area contributed by atoms with Crippen LogP contribution in [0.15, 0.2) is 133 Å². The van der Waals surface area contributed by atoms with Crippen LogP contribution in [0.3, 0.4) is 0 Å². The van der Waals surface area contributed by atoms with Gasteiger partial charge in [-0.05, 0) is 115 Å². The maximum absolute atomic E-state index is 14.4. The number of benzene rings is 6. The topological polar surface area (TPSA) is 104 Å². The molecular weight excluding hydrogens is 817 g/mol. The van der Waals surface area contributed by atoms with Gasteiger partial charge in [0.25, 0.3) is 0 Å². The van der Waals surface area contributed by atoms with E-state index >= 15 is 0 Å². The molecule has 2 aliphatic rings. The summed E-state index contributed by atoms with van der Waals surface area (Å²) in [5, 5.41) is 2.22. The molecule has 2 aliphatic heterocycles. The minimum Gasteiger partial charge on any atom is -0.340 e. The molecule has 10 nitrogen and oxygen atoms in total. The molecule has 4 atom stereocenters. The highest BCUT2D eigenvalue weighted by Gasteiger charge is 2.39. The van der Waals surface area contributed by atoms with Crippen molar-refractivity contribution < 1.29 is 9.59 Å². The van der Waals surface area contributed by atoms with Crippen molar-refractivity contribution in [2.75, 3.05) is 39.3 Å². The Morgan fingerprint density at radius 3 is 1.59 bits per heavy atom. The van der Waals surface area contributed by atoms with Crippen LogP contribution in [0.2, 0.25) is 0 Å². The van der Waals surface area contributed by atoms with Crippen LogP contribution >= 0.6 is 0 Å². The van der Waals surface area contributed by atoms with E-state index in [1.807, 2.05) is 36.4 Å². The quantitative estimate of drug-likeness (QED) is 0.113. The number of nitrogens with zero attached hydrogens (tertiary/aromatic N) is 6.